The van der Waals surface area contributed by atoms with Crippen LogP contribution in [-0.4, -0.2) is 20.7 Å². The van der Waals surface area contributed by atoms with E-state index in [0.29, 0.717) is 17.1 Å². The Balaban J connectivity index is 1.81. The average molecular weight is 370 g/mol. The van der Waals surface area contributed by atoms with Gasteiger partial charge in [0.1, 0.15) is 12.4 Å². The molecule has 1 N–H and O–H groups in total. The third-order valence-corrected chi connectivity index (χ3v) is 3.95. The minimum atomic E-state index is -0.451. The van der Waals surface area contributed by atoms with Crippen LogP contribution in [0.4, 0.5) is 10.1 Å². The lowest BCUT2D eigenvalue weighted by Crippen LogP contribution is -2.27. The van der Waals surface area contributed by atoms with Crippen LogP contribution in [0.2, 0.25) is 0 Å². The van der Waals surface area contributed by atoms with E-state index in [2.05, 4.69) is 15.5 Å². The molecule has 7 nitrogen and oxygen atoms in total. The highest BCUT2D eigenvalue weighted by molar-refractivity contribution is 5.91. The van der Waals surface area contributed by atoms with E-state index in [1.165, 1.54) is 29.0 Å². The zero-order valence-corrected chi connectivity index (χ0v) is 15.2. The van der Waals surface area contributed by atoms with Crippen molar-refractivity contribution in [2.45, 2.75) is 33.2 Å². The minimum Gasteiger partial charge on any atom is -0.420 e. The molecule has 0 aliphatic carbocycles. The molecule has 0 aliphatic heterocycles. The van der Waals surface area contributed by atoms with Gasteiger partial charge in [0, 0.05) is 23.9 Å². The van der Waals surface area contributed by atoms with Gasteiger partial charge in [0.15, 0.2) is 0 Å². The molecule has 0 unspecified atom stereocenters. The molecule has 140 valence electrons. The molecule has 3 rings (SSSR count). The fourth-order valence-corrected chi connectivity index (χ4v) is 2.44. The first-order valence-corrected chi connectivity index (χ1v) is 8.44. The normalized spacial score (nSPS) is 11.0. The first-order chi connectivity index (χ1) is 12.8. The van der Waals surface area contributed by atoms with Gasteiger partial charge >= 0.3 is 0 Å². The van der Waals surface area contributed by atoms with E-state index >= 15 is 0 Å². The maximum absolute atomic E-state index is 13.4. The SMILES string of the molecule is Cc1ccc(F)cc1NC(=O)Cn1cc(-c2nnc(C(C)C)o2)ccc1=O. The highest BCUT2D eigenvalue weighted by Gasteiger charge is 2.14. The molecule has 0 fully saturated rings. The average Bonchev–Trinajstić information content (AvgIpc) is 3.10. The Bertz CT molecular complexity index is 1040. The first-order valence-electron chi connectivity index (χ1n) is 8.44. The first kappa shape index (κ1) is 18.5. The zero-order valence-electron chi connectivity index (χ0n) is 15.2. The summed E-state index contributed by atoms with van der Waals surface area (Å²) in [5.74, 6) is -0.0582. The van der Waals surface area contributed by atoms with Gasteiger partial charge in [0.2, 0.25) is 17.7 Å². The van der Waals surface area contributed by atoms with Crippen molar-refractivity contribution in [2.24, 2.45) is 0 Å². The summed E-state index contributed by atoms with van der Waals surface area (Å²) < 4.78 is 20.2. The van der Waals surface area contributed by atoms with Crippen LogP contribution in [0.15, 0.2) is 45.7 Å². The molecule has 1 amide bonds. The van der Waals surface area contributed by atoms with Crippen LogP contribution in [0, 0.1) is 12.7 Å². The molecule has 1 aromatic carbocycles. The maximum atomic E-state index is 13.4. The van der Waals surface area contributed by atoms with Crippen LogP contribution in [0.5, 0.6) is 0 Å². The Kier molecular flexibility index (Phi) is 5.16. The summed E-state index contributed by atoms with van der Waals surface area (Å²) in [7, 11) is 0. The lowest BCUT2D eigenvalue weighted by Gasteiger charge is -2.10. The fraction of sp³-hybridized carbons (Fsp3) is 0.263. The molecular formula is C19H19FN4O3. The number of pyridine rings is 1. The highest BCUT2D eigenvalue weighted by atomic mass is 19.1. The third kappa shape index (κ3) is 4.28. The van der Waals surface area contributed by atoms with Crippen LogP contribution in [0.3, 0.4) is 0 Å². The van der Waals surface area contributed by atoms with Crippen LogP contribution >= 0.6 is 0 Å². The molecule has 0 radical (unpaired) electrons. The summed E-state index contributed by atoms with van der Waals surface area (Å²) in [4.78, 5) is 24.4. The molecule has 0 atom stereocenters. The number of aryl methyl sites for hydroxylation is 1. The Labute approximate surface area is 154 Å². The summed E-state index contributed by atoms with van der Waals surface area (Å²) in [5.41, 5.74) is 1.26. The molecule has 0 bridgehead atoms. The van der Waals surface area contributed by atoms with Gasteiger partial charge in [-0.1, -0.05) is 19.9 Å². The molecule has 0 saturated heterocycles. The van der Waals surface area contributed by atoms with E-state index in [1.54, 1.807) is 19.1 Å². The Hall–Kier alpha value is -3.29. The van der Waals surface area contributed by atoms with Crippen molar-refractivity contribution in [2.75, 3.05) is 5.32 Å². The lowest BCUT2D eigenvalue weighted by molar-refractivity contribution is -0.116. The largest absolute Gasteiger partial charge is 0.420 e. The van der Waals surface area contributed by atoms with Crippen molar-refractivity contribution >= 4 is 11.6 Å². The summed E-state index contributed by atoms with van der Waals surface area (Å²) in [6, 6.07) is 7.01. The van der Waals surface area contributed by atoms with Gasteiger partial charge in [-0.15, -0.1) is 10.2 Å². The maximum Gasteiger partial charge on any atom is 0.251 e. The Morgan fingerprint density at radius 3 is 2.74 bits per heavy atom. The Morgan fingerprint density at radius 2 is 2.04 bits per heavy atom. The predicted octanol–water partition coefficient (Wildman–Crippen LogP) is 3.11. The second kappa shape index (κ2) is 7.53. The van der Waals surface area contributed by atoms with Crippen molar-refractivity contribution in [3.8, 4) is 11.5 Å². The van der Waals surface area contributed by atoms with Gasteiger partial charge in [-0.2, -0.15) is 0 Å². The van der Waals surface area contributed by atoms with E-state index in [1.807, 2.05) is 13.8 Å². The number of rotatable bonds is 5. The van der Waals surface area contributed by atoms with Gasteiger partial charge in [-0.3, -0.25) is 9.59 Å². The van der Waals surface area contributed by atoms with E-state index < -0.39 is 11.7 Å². The zero-order chi connectivity index (χ0) is 19.6. The number of anilines is 1. The third-order valence-electron chi connectivity index (χ3n) is 3.95. The highest BCUT2D eigenvalue weighted by Crippen LogP contribution is 2.20. The summed E-state index contributed by atoms with van der Waals surface area (Å²) in [6.07, 6.45) is 1.48. The Morgan fingerprint density at radius 1 is 1.26 bits per heavy atom. The van der Waals surface area contributed by atoms with Crippen LogP contribution in [0.1, 0.15) is 31.2 Å². The van der Waals surface area contributed by atoms with Crippen molar-refractivity contribution in [1.82, 2.24) is 14.8 Å². The van der Waals surface area contributed by atoms with Gasteiger partial charge in [0.25, 0.3) is 5.56 Å². The molecule has 0 spiro atoms. The summed E-state index contributed by atoms with van der Waals surface area (Å²) in [6.45, 7) is 5.38. The number of amides is 1. The van der Waals surface area contributed by atoms with Crippen molar-refractivity contribution in [3.05, 3.63) is 64.2 Å². The summed E-state index contributed by atoms with van der Waals surface area (Å²) >= 11 is 0. The van der Waals surface area contributed by atoms with Gasteiger partial charge < -0.3 is 14.3 Å². The van der Waals surface area contributed by atoms with Crippen molar-refractivity contribution < 1.29 is 13.6 Å². The molecule has 8 heteroatoms. The van der Waals surface area contributed by atoms with Crippen LogP contribution < -0.4 is 10.9 Å². The number of nitrogens with zero attached hydrogens (tertiary/aromatic N) is 3. The molecule has 3 aromatic rings. The number of benzene rings is 1. The topological polar surface area (TPSA) is 90.0 Å². The monoisotopic (exact) mass is 370 g/mol. The predicted molar refractivity (Wildman–Crippen MR) is 97.8 cm³/mol. The van der Waals surface area contributed by atoms with Crippen molar-refractivity contribution in [1.29, 1.82) is 0 Å². The van der Waals surface area contributed by atoms with E-state index in [9.17, 15) is 14.0 Å². The number of carbonyl (C=O) groups is 1. The van der Waals surface area contributed by atoms with E-state index in [0.717, 1.165) is 5.56 Å². The summed E-state index contributed by atoms with van der Waals surface area (Å²) in [5, 5.41) is 10.5. The second-order valence-corrected chi connectivity index (χ2v) is 6.49. The quantitative estimate of drug-likeness (QED) is 0.745. The number of aromatic nitrogens is 3. The fourth-order valence-electron chi connectivity index (χ4n) is 2.44. The van der Waals surface area contributed by atoms with Gasteiger partial charge in [0.05, 0.1) is 5.56 Å². The number of hydrogen-bond acceptors (Lipinski definition) is 5. The molecule has 0 aliphatic rings. The minimum absolute atomic E-state index is 0.0810. The van der Waals surface area contributed by atoms with E-state index in [4.69, 9.17) is 4.42 Å². The van der Waals surface area contributed by atoms with Gasteiger partial charge in [-0.25, -0.2) is 4.39 Å². The molecule has 2 aromatic heterocycles. The van der Waals surface area contributed by atoms with Crippen LogP contribution in [0.25, 0.3) is 11.5 Å². The number of carbonyl (C=O) groups excluding carboxylic acids is 1. The van der Waals surface area contributed by atoms with Gasteiger partial charge in [-0.05, 0) is 30.7 Å². The molecule has 27 heavy (non-hydrogen) atoms. The standard InChI is InChI=1S/C19H19FN4O3/c1-11(2)18-22-23-19(27-18)13-5-7-17(26)24(9-13)10-16(25)21-15-8-14(20)6-4-12(15)3/h4-9,11H,10H2,1-3H3,(H,21,25). The molecule has 2 heterocycles. The van der Waals surface area contributed by atoms with Crippen LogP contribution in [-0.2, 0) is 11.3 Å². The van der Waals surface area contributed by atoms with Crippen molar-refractivity contribution in [3.63, 3.8) is 0 Å². The second-order valence-electron chi connectivity index (χ2n) is 6.49. The smallest absolute Gasteiger partial charge is 0.251 e. The lowest BCUT2D eigenvalue weighted by atomic mass is 10.2. The number of nitrogens with one attached hydrogen (secondary N) is 1. The molecule has 0 saturated carbocycles. The number of halogens is 1. The number of hydrogen-bond donors (Lipinski definition) is 1. The molecular weight excluding hydrogens is 351 g/mol. The van der Waals surface area contributed by atoms with E-state index in [-0.39, 0.29) is 23.9 Å².